The van der Waals surface area contributed by atoms with E-state index in [2.05, 4.69) is 15.0 Å². The van der Waals surface area contributed by atoms with Gasteiger partial charge in [0.25, 0.3) is 0 Å². The molecule has 0 radical (unpaired) electrons. The summed E-state index contributed by atoms with van der Waals surface area (Å²) in [5, 5.41) is 3.74. The quantitative estimate of drug-likeness (QED) is 0.863. The molecule has 1 N–H and O–H groups in total. The van der Waals surface area contributed by atoms with E-state index in [9.17, 15) is 9.18 Å². The first-order valence-electron chi connectivity index (χ1n) is 6.52. The minimum Gasteiger partial charge on any atom is -0.490 e. The van der Waals surface area contributed by atoms with Crippen molar-refractivity contribution in [2.45, 2.75) is 12.5 Å². The summed E-state index contributed by atoms with van der Waals surface area (Å²) in [6, 6.07) is 4.63. The number of benzene rings is 1. The molecule has 8 heteroatoms. The van der Waals surface area contributed by atoms with Crippen molar-refractivity contribution in [1.29, 1.82) is 0 Å². The molecule has 1 aliphatic rings. The van der Waals surface area contributed by atoms with E-state index in [1.165, 1.54) is 13.2 Å². The minimum atomic E-state index is -0.533. The first-order valence-corrected chi connectivity index (χ1v) is 7.72. The monoisotopic (exact) mass is 342 g/mol. The summed E-state index contributed by atoms with van der Waals surface area (Å²) in [5.41, 5.74) is 0.720. The van der Waals surface area contributed by atoms with Gasteiger partial charge in [-0.25, -0.2) is 14.2 Å². The lowest BCUT2D eigenvalue weighted by atomic mass is 10.0. The molecule has 1 aromatic carbocycles. The number of rotatable bonds is 3. The molecule has 2 aromatic rings. The molecule has 0 fully saturated rings. The number of nitrogens with zero attached hydrogens (tertiary/aromatic N) is 1. The standard InChI is InChI=1S/C14H12ClFN2O3S/c1-20-13(19)11-12(15)18-14(22-11)17-9-5-6-21-10-7(9)3-2-4-8(10)16/h2-4,9H,5-6H2,1H3,(H,17,18)/t9-/m0/s1. The lowest BCUT2D eigenvalue weighted by Gasteiger charge is -2.26. The number of ether oxygens (including phenoxy) is 2. The van der Waals surface area contributed by atoms with Crippen molar-refractivity contribution in [2.75, 3.05) is 19.0 Å². The number of hydrogen-bond donors (Lipinski definition) is 1. The number of carbonyl (C=O) groups is 1. The molecule has 0 amide bonds. The molecule has 116 valence electrons. The van der Waals surface area contributed by atoms with E-state index in [1.807, 2.05) is 0 Å². The molecule has 22 heavy (non-hydrogen) atoms. The first-order chi connectivity index (χ1) is 10.6. The number of carbonyl (C=O) groups excluding carboxylic acids is 1. The van der Waals surface area contributed by atoms with Gasteiger partial charge in [-0.2, -0.15) is 0 Å². The van der Waals surface area contributed by atoms with E-state index >= 15 is 0 Å². The first kappa shape index (κ1) is 15.1. The number of hydrogen-bond acceptors (Lipinski definition) is 6. The molecule has 1 atom stereocenters. The van der Waals surface area contributed by atoms with Gasteiger partial charge in [0.2, 0.25) is 0 Å². The predicted molar refractivity (Wildman–Crippen MR) is 81.3 cm³/mol. The number of aromatic nitrogens is 1. The van der Waals surface area contributed by atoms with Gasteiger partial charge in [0.05, 0.1) is 19.8 Å². The highest BCUT2D eigenvalue weighted by Gasteiger charge is 2.26. The number of halogens is 2. The van der Waals surface area contributed by atoms with E-state index in [0.29, 0.717) is 18.2 Å². The predicted octanol–water partition coefficient (Wildman–Crippen LogP) is 3.66. The topological polar surface area (TPSA) is 60.5 Å². The second-order valence-corrected chi connectivity index (χ2v) is 5.98. The summed E-state index contributed by atoms with van der Waals surface area (Å²) in [6.45, 7) is 0.397. The van der Waals surface area contributed by atoms with Crippen molar-refractivity contribution < 1.29 is 18.7 Å². The molecule has 0 saturated carbocycles. The zero-order chi connectivity index (χ0) is 15.7. The highest BCUT2D eigenvalue weighted by molar-refractivity contribution is 7.18. The van der Waals surface area contributed by atoms with Crippen molar-refractivity contribution in [3.63, 3.8) is 0 Å². The van der Waals surface area contributed by atoms with Crippen molar-refractivity contribution in [3.05, 3.63) is 39.6 Å². The Hall–Kier alpha value is -1.86. The van der Waals surface area contributed by atoms with Crippen LogP contribution in [0.3, 0.4) is 0 Å². The summed E-state index contributed by atoms with van der Waals surface area (Å²) in [4.78, 5) is 15.9. The van der Waals surface area contributed by atoms with Crippen LogP contribution in [0.5, 0.6) is 5.75 Å². The Bertz CT molecular complexity index is 722. The number of thiazole rings is 1. The van der Waals surface area contributed by atoms with Gasteiger partial charge in [-0.15, -0.1) is 0 Å². The third-order valence-corrected chi connectivity index (χ3v) is 4.63. The van der Waals surface area contributed by atoms with Gasteiger partial charge in [-0.3, -0.25) is 0 Å². The van der Waals surface area contributed by atoms with Crippen LogP contribution in [-0.4, -0.2) is 24.7 Å². The third kappa shape index (κ3) is 2.74. The Kier molecular flexibility index (Phi) is 4.17. The van der Waals surface area contributed by atoms with Crippen LogP contribution in [0.25, 0.3) is 0 Å². The van der Waals surface area contributed by atoms with Gasteiger partial charge in [0.15, 0.2) is 26.7 Å². The normalized spacial score (nSPS) is 16.6. The smallest absolute Gasteiger partial charge is 0.351 e. The van der Waals surface area contributed by atoms with Gasteiger partial charge >= 0.3 is 5.97 Å². The Labute approximate surface area is 135 Å². The Morgan fingerprint density at radius 1 is 1.59 bits per heavy atom. The molecule has 2 heterocycles. The fourth-order valence-electron chi connectivity index (χ4n) is 2.27. The summed E-state index contributed by atoms with van der Waals surface area (Å²) in [5.74, 6) is -0.674. The fraction of sp³-hybridized carbons (Fsp3) is 0.286. The van der Waals surface area contributed by atoms with Gasteiger partial charge in [-0.05, 0) is 6.07 Å². The van der Waals surface area contributed by atoms with Crippen LogP contribution in [-0.2, 0) is 4.74 Å². The van der Waals surface area contributed by atoms with E-state index in [1.54, 1.807) is 12.1 Å². The zero-order valence-corrected chi connectivity index (χ0v) is 13.1. The summed E-state index contributed by atoms with van der Waals surface area (Å²) in [7, 11) is 1.28. The van der Waals surface area contributed by atoms with Crippen LogP contribution in [0.2, 0.25) is 5.15 Å². The Balaban J connectivity index is 1.86. The fourth-order valence-corrected chi connectivity index (χ4v) is 3.42. The molecule has 0 saturated heterocycles. The highest BCUT2D eigenvalue weighted by Crippen LogP contribution is 2.37. The average molecular weight is 343 g/mol. The van der Waals surface area contributed by atoms with Crippen LogP contribution in [0.4, 0.5) is 9.52 Å². The number of anilines is 1. The molecule has 0 bridgehead atoms. The lowest BCUT2D eigenvalue weighted by Crippen LogP contribution is -2.21. The number of fused-ring (bicyclic) bond motifs is 1. The number of para-hydroxylation sites is 1. The van der Waals surface area contributed by atoms with E-state index < -0.39 is 11.8 Å². The second-order valence-electron chi connectivity index (χ2n) is 4.62. The van der Waals surface area contributed by atoms with Crippen molar-refractivity contribution in [1.82, 2.24) is 4.98 Å². The van der Waals surface area contributed by atoms with Crippen LogP contribution in [0.1, 0.15) is 27.7 Å². The van der Waals surface area contributed by atoms with Gasteiger partial charge in [-0.1, -0.05) is 35.1 Å². The molecular weight excluding hydrogens is 331 g/mol. The molecule has 1 aliphatic heterocycles. The van der Waals surface area contributed by atoms with E-state index in [0.717, 1.165) is 16.9 Å². The Morgan fingerprint density at radius 3 is 3.18 bits per heavy atom. The van der Waals surface area contributed by atoms with Gasteiger partial charge in [0.1, 0.15) is 0 Å². The molecule has 3 rings (SSSR count). The zero-order valence-electron chi connectivity index (χ0n) is 11.6. The summed E-state index contributed by atoms with van der Waals surface area (Å²) >= 11 is 7.04. The second kappa shape index (κ2) is 6.10. The van der Waals surface area contributed by atoms with Crippen LogP contribution in [0.15, 0.2) is 18.2 Å². The average Bonchev–Trinajstić information content (AvgIpc) is 2.88. The maximum Gasteiger partial charge on any atom is 0.351 e. The SMILES string of the molecule is COC(=O)c1sc(N[C@H]2CCOc3c(F)cccc32)nc1Cl. The molecule has 0 unspecified atom stereocenters. The Morgan fingerprint density at radius 2 is 2.41 bits per heavy atom. The molecule has 0 aliphatic carbocycles. The van der Waals surface area contributed by atoms with Crippen molar-refractivity contribution >= 4 is 34.0 Å². The summed E-state index contributed by atoms with van der Waals surface area (Å²) in [6.07, 6.45) is 0.654. The highest BCUT2D eigenvalue weighted by atomic mass is 35.5. The van der Waals surface area contributed by atoms with Crippen LogP contribution in [0, 0.1) is 5.82 Å². The van der Waals surface area contributed by atoms with E-state index in [-0.39, 0.29) is 21.8 Å². The third-order valence-electron chi connectivity index (χ3n) is 3.28. The molecule has 5 nitrogen and oxygen atoms in total. The minimum absolute atomic E-state index is 0.0888. The van der Waals surface area contributed by atoms with Crippen LogP contribution >= 0.6 is 22.9 Å². The molecule has 0 spiro atoms. The number of nitrogens with one attached hydrogen (secondary N) is 1. The van der Waals surface area contributed by atoms with E-state index in [4.69, 9.17) is 16.3 Å². The van der Waals surface area contributed by atoms with Gasteiger partial charge < -0.3 is 14.8 Å². The number of methoxy groups -OCH3 is 1. The summed E-state index contributed by atoms with van der Waals surface area (Å²) < 4.78 is 23.8. The number of esters is 1. The van der Waals surface area contributed by atoms with Crippen molar-refractivity contribution in [2.24, 2.45) is 0 Å². The van der Waals surface area contributed by atoms with Crippen LogP contribution < -0.4 is 10.1 Å². The molecular formula is C14H12ClFN2O3S. The maximum absolute atomic E-state index is 13.8. The lowest BCUT2D eigenvalue weighted by molar-refractivity contribution is 0.0606. The molecule has 1 aromatic heterocycles. The van der Waals surface area contributed by atoms with Crippen molar-refractivity contribution in [3.8, 4) is 5.75 Å². The van der Waals surface area contributed by atoms with Gasteiger partial charge in [0, 0.05) is 12.0 Å². The largest absolute Gasteiger partial charge is 0.490 e. The maximum atomic E-state index is 13.8.